The van der Waals surface area contributed by atoms with Crippen molar-refractivity contribution in [3.05, 3.63) is 0 Å². The first-order valence-electron chi connectivity index (χ1n) is 13.0. The van der Waals surface area contributed by atoms with Crippen LogP contribution in [0.1, 0.15) is 107 Å². The van der Waals surface area contributed by atoms with Crippen LogP contribution in [0.25, 0.3) is 0 Å². The summed E-state index contributed by atoms with van der Waals surface area (Å²) >= 11 is 12.8. The van der Waals surface area contributed by atoms with E-state index in [1.807, 2.05) is 0 Å². The molecule has 0 aromatic rings. The zero-order chi connectivity index (χ0) is 26.6. The predicted octanol–water partition coefficient (Wildman–Crippen LogP) is 8.38. The number of rotatable bonds is 20. The Morgan fingerprint density at radius 1 is 0.600 bits per heavy atom. The summed E-state index contributed by atoms with van der Waals surface area (Å²) in [6.07, 6.45) is 9.12. The standard InChI is InChI=1S/2C12H27O2PS2.Zn/c2*1-5-7-11(3)9-14-15(13,16)17-10-12(4)8-6-2;/h2*11-12H,5-10H2,1-4H3,(H,13,16);/q;;+2/p-2. The Morgan fingerprint density at radius 3 is 1.11 bits per heavy atom. The van der Waals surface area contributed by atoms with E-state index in [2.05, 4.69) is 55.4 Å². The Kier molecular flexibility index (Phi) is 30.5. The molecule has 0 rings (SSSR count). The molecule has 0 amide bonds. The third-order valence-corrected chi connectivity index (χ3v) is 14.1. The van der Waals surface area contributed by atoms with Crippen LogP contribution in [0.15, 0.2) is 0 Å². The van der Waals surface area contributed by atoms with Crippen molar-refractivity contribution < 1.29 is 38.3 Å². The molecule has 0 bridgehead atoms. The van der Waals surface area contributed by atoms with Crippen LogP contribution in [-0.2, 0) is 52.1 Å². The largest absolute Gasteiger partial charge is 2.00 e. The van der Waals surface area contributed by atoms with Crippen LogP contribution in [-0.4, -0.2) is 24.7 Å². The molecule has 0 N–H and O–H groups in total. The van der Waals surface area contributed by atoms with Gasteiger partial charge in [-0.25, -0.2) is 0 Å². The predicted molar refractivity (Wildman–Crippen MR) is 162 cm³/mol. The van der Waals surface area contributed by atoms with Gasteiger partial charge < -0.3 is 18.8 Å². The average molecular weight is 660 g/mol. The first kappa shape index (κ1) is 41.9. The average Bonchev–Trinajstić information content (AvgIpc) is 2.75. The third kappa shape index (κ3) is 29.3. The summed E-state index contributed by atoms with van der Waals surface area (Å²) in [6.45, 7) is 18.3. The third-order valence-electron chi connectivity index (χ3n) is 5.19. The van der Waals surface area contributed by atoms with Gasteiger partial charge in [-0.15, -0.1) is 22.8 Å². The second-order valence-corrected chi connectivity index (χ2v) is 21.8. The molecule has 11 heteroatoms. The Hall–Kier alpha value is 2.46. The molecule has 4 nitrogen and oxygen atoms in total. The minimum atomic E-state index is -2.85. The summed E-state index contributed by atoms with van der Waals surface area (Å²) in [5.41, 5.74) is -5.70. The fraction of sp³-hybridized carbons (Fsp3) is 1.00. The summed E-state index contributed by atoms with van der Waals surface area (Å²) in [4.78, 5) is 24.0. The molecule has 0 aliphatic heterocycles. The van der Waals surface area contributed by atoms with Gasteiger partial charge in [0.15, 0.2) is 0 Å². The normalized spacial score (nSPS) is 18.1. The van der Waals surface area contributed by atoms with E-state index in [9.17, 15) is 9.79 Å². The quantitative estimate of drug-likeness (QED) is 0.0954. The molecular formula is C24H52O4P2S4Zn. The minimum Gasteiger partial charge on any atom is -0.793 e. The maximum absolute atomic E-state index is 12.0. The first-order valence-corrected chi connectivity index (χ1v) is 21.5. The molecule has 0 aromatic heterocycles. The smallest absolute Gasteiger partial charge is 0.793 e. The monoisotopic (exact) mass is 658 g/mol. The van der Waals surface area contributed by atoms with Crippen LogP contribution in [0.2, 0.25) is 0 Å². The topological polar surface area (TPSA) is 64.6 Å². The molecule has 0 heterocycles. The van der Waals surface area contributed by atoms with Gasteiger partial charge in [0, 0.05) is 22.9 Å². The minimum absolute atomic E-state index is 0. The van der Waals surface area contributed by atoms with Crippen molar-refractivity contribution in [2.75, 3.05) is 24.7 Å². The molecule has 0 saturated carbocycles. The molecule has 0 spiro atoms. The molecule has 0 fully saturated rings. The van der Waals surface area contributed by atoms with Crippen molar-refractivity contribution in [1.29, 1.82) is 0 Å². The summed E-state index contributed by atoms with van der Waals surface area (Å²) in [5.74, 6) is 3.72. The van der Waals surface area contributed by atoms with Gasteiger partial charge in [0.1, 0.15) is 0 Å². The zero-order valence-electron chi connectivity index (χ0n) is 23.7. The molecule has 0 aliphatic rings. The van der Waals surface area contributed by atoms with E-state index < -0.39 is 11.4 Å². The fourth-order valence-corrected chi connectivity index (χ4v) is 10.4. The maximum atomic E-state index is 12.0. The van der Waals surface area contributed by atoms with Gasteiger partial charge in [-0.05, 0) is 36.5 Å². The summed E-state index contributed by atoms with van der Waals surface area (Å²) in [7, 11) is 0. The second-order valence-electron chi connectivity index (χ2n) is 9.65. The van der Waals surface area contributed by atoms with Gasteiger partial charge >= 0.3 is 19.5 Å². The molecule has 0 saturated heterocycles. The van der Waals surface area contributed by atoms with Crippen LogP contribution in [0, 0.1) is 23.7 Å². The fourth-order valence-electron chi connectivity index (χ4n) is 3.25. The van der Waals surface area contributed by atoms with Crippen LogP contribution >= 0.6 is 34.2 Å². The van der Waals surface area contributed by atoms with E-state index >= 15 is 0 Å². The van der Waals surface area contributed by atoms with E-state index in [1.54, 1.807) is 0 Å². The van der Waals surface area contributed by atoms with Crippen molar-refractivity contribution in [3.8, 4) is 0 Å². The molecule has 35 heavy (non-hydrogen) atoms. The van der Waals surface area contributed by atoms with Crippen molar-refractivity contribution in [3.63, 3.8) is 0 Å². The second kappa shape index (κ2) is 25.4. The Bertz CT molecular complexity index is 488. The molecule has 6 atom stereocenters. The molecule has 0 aromatic carbocycles. The SMILES string of the molecule is CCCC(C)COP([O-])(=S)SCC(C)CCC.CCCC(C)COP([O-])(=S)SCC(C)CCC.[Zn+2]. The van der Waals surface area contributed by atoms with Crippen molar-refractivity contribution >= 4 is 57.8 Å². The van der Waals surface area contributed by atoms with E-state index in [0.29, 0.717) is 36.9 Å². The van der Waals surface area contributed by atoms with E-state index in [4.69, 9.17) is 32.7 Å². The van der Waals surface area contributed by atoms with Gasteiger partial charge in [0.05, 0.1) is 13.2 Å². The first-order chi connectivity index (χ1) is 15.8. The van der Waals surface area contributed by atoms with E-state index in [-0.39, 0.29) is 19.5 Å². The summed E-state index contributed by atoms with van der Waals surface area (Å²) in [6, 6.07) is 0. The summed E-state index contributed by atoms with van der Waals surface area (Å²) in [5, 5.41) is 0. The van der Waals surface area contributed by atoms with Gasteiger partial charge in [-0.2, -0.15) is 0 Å². The van der Waals surface area contributed by atoms with Crippen molar-refractivity contribution in [2.24, 2.45) is 23.7 Å². The van der Waals surface area contributed by atoms with E-state index in [1.165, 1.54) is 22.8 Å². The van der Waals surface area contributed by atoms with Gasteiger partial charge in [-0.3, -0.25) is 0 Å². The Morgan fingerprint density at radius 2 is 0.857 bits per heavy atom. The number of hydrogen-bond acceptors (Lipinski definition) is 8. The van der Waals surface area contributed by atoms with Crippen molar-refractivity contribution in [2.45, 2.75) is 107 Å². The molecule has 208 valence electrons. The van der Waals surface area contributed by atoms with Crippen LogP contribution in [0.4, 0.5) is 0 Å². The molecule has 0 radical (unpaired) electrons. The number of hydrogen-bond donors (Lipinski definition) is 0. The van der Waals surface area contributed by atoms with E-state index in [0.717, 1.165) is 62.9 Å². The van der Waals surface area contributed by atoms with Gasteiger partial charge in [0.2, 0.25) is 0 Å². The van der Waals surface area contributed by atoms with Gasteiger partial charge in [-0.1, -0.05) is 118 Å². The maximum Gasteiger partial charge on any atom is 2.00 e. The van der Waals surface area contributed by atoms with Crippen LogP contribution < -0.4 is 9.79 Å². The molecule has 0 aliphatic carbocycles. The summed E-state index contributed by atoms with van der Waals surface area (Å²) < 4.78 is 10.8. The Balaban J connectivity index is -0.000000569. The van der Waals surface area contributed by atoms with Crippen LogP contribution in [0.3, 0.4) is 0 Å². The molecule has 6 unspecified atom stereocenters. The van der Waals surface area contributed by atoms with Crippen molar-refractivity contribution in [1.82, 2.24) is 0 Å². The zero-order valence-corrected chi connectivity index (χ0v) is 31.7. The van der Waals surface area contributed by atoms with Gasteiger partial charge in [0.25, 0.3) is 0 Å². The van der Waals surface area contributed by atoms with Crippen LogP contribution in [0.5, 0.6) is 0 Å². The Labute approximate surface area is 249 Å². The molecular weight excluding hydrogens is 608 g/mol.